The highest BCUT2D eigenvalue weighted by Gasteiger charge is 2.33. The van der Waals surface area contributed by atoms with Crippen LogP contribution in [0.5, 0.6) is 0 Å². The monoisotopic (exact) mass is 318 g/mol. The minimum Gasteiger partial charge on any atom is -0.349 e. The van der Waals surface area contributed by atoms with Gasteiger partial charge in [-0.05, 0) is 12.5 Å². The van der Waals surface area contributed by atoms with Crippen molar-refractivity contribution in [2.45, 2.75) is 32.6 Å². The number of alkyl halides is 3. The van der Waals surface area contributed by atoms with E-state index in [4.69, 9.17) is 0 Å². The van der Waals surface area contributed by atoms with Crippen molar-refractivity contribution in [1.82, 2.24) is 20.1 Å². The minimum atomic E-state index is -4.50. The zero-order valence-electron chi connectivity index (χ0n) is 11.1. The lowest BCUT2D eigenvalue weighted by Crippen LogP contribution is -2.27. The van der Waals surface area contributed by atoms with Gasteiger partial charge in [-0.15, -0.1) is 11.3 Å². The quantitative estimate of drug-likeness (QED) is 0.920. The molecule has 21 heavy (non-hydrogen) atoms. The molecule has 0 radical (unpaired) electrons. The molecule has 0 aliphatic rings. The third-order valence-electron chi connectivity index (χ3n) is 2.61. The van der Waals surface area contributed by atoms with Crippen molar-refractivity contribution in [3.63, 3.8) is 0 Å². The fraction of sp³-hybridized carbons (Fsp3) is 0.417. The summed E-state index contributed by atoms with van der Waals surface area (Å²) in [6, 6.07) is 0.835. The average Bonchev–Trinajstić information content (AvgIpc) is 3.04. The summed E-state index contributed by atoms with van der Waals surface area (Å²) in [5, 5.41) is 8.72. The van der Waals surface area contributed by atoms with E-state index in [0.29, 0.717) is 0 Å². The standard InChI is InChI=1S/C12H13F3N4OS/c1-2-11-17-8(7-21-11)5-16-10(20)6-19-4-3-9(18-19)12(13,14)15/h3-4,7H,2,5-6H2,1H3,(H,16,20). The number of amides is 1. The van der Waals surface area contributed by atoms with Gasteiger partial charge in [0.25, 0.3) is 0 Å². The first-order valence-electron chi connectivity index (χ1n) is 6.19. The van der Waals surface area contributed by atoms with E-state index in [9.17, 15) is 18.0 Å². The summed E-state index contributed by atoms with van der Waals surface area (Å²) in [4.78, 5) is 15.9. The van der Waals surface area contributed by atoms with Crippen LogP contribution in [0.2, 0.25) is 0 Å². The van der Waals surface area contributed by atoms with Gasteiger partial charge in [-0.2, -0.15) is 18.3 Å². The molecule has 2 aromatic rings. The number of aryl methyl sites for hydroxylation is 1. The van der Waals surface area contributed by atoms with Crippen molar-refractivity contribution >= 4 is 17.2 Å². The number of thiazole rings is 1. The molecule has 1 N–H and O–H groups in total. The molecule has 0 bridgehead atoms. The van der Waals surface area contributed by atoms with E-state index in [1.54, 1.807) is 0 Å². The zero-order chi connectivity index (χ0) is 15.5. The van der Waals surface area contributed by atoms with E-state index in [-0.39, 0.29) is 13.1 Å². The van der Waals surface area contributed by atoms with Gasteiger partial charge in [0.05, 0.1) is 17.2 Å². The Morgan fingerprint density at radius 1 is 1.48 bits per heavy atom. The summed E-state index contributed by atoms with van der Waals surface area (Å²) >= 11 is 1.51. The van der Waals surface area contributed by atoms with Crippen LogP contribution in [-0.2, 0) is 30.5 Å². The topological polar surface area (TPSA) is 59.8 Å². The number of hydrogen-bond donors (Lipinski definition) is 1. The van der Waals surface area contributed by atoms with E-state index in [2.05, 4.69) is 15.4 Å². The SMILES string of the molecule is CCc1nc(CNC(=O)Cn2ccc(C(F)(F)F)n2)cs1. The summed E-state index contributed by atoms with van der Waals surface area (Å²) in [7, 11) is 0. The lowest BCUT2D eigenvalue weighted by Gasteiger charge is -2.04. The van der Waals surface area contributed by atoms with Crippen LogP contribution >= 0.6 is 11.3 Å². The third kappa shape index (κ3) is 4.28. The van der Waals surface area contributed by atoms with E-state index >= 15 is 0 Å². The first-order chi connectivity index (χ1) is 9.88. The molecular formula is C12H13F3N4OS. The van der Waals surface area contributed by atoms with Crippen LogP contribution in [0.1, 0.15) is 23.3 Å². The normalized spacial score (nSPS) is 11.6. The van der Waals surface area contributed by atoms with Crippen LogP contribution in [0.15, 0.2) is 17.6 Å². The molecular weight excluding hydrogens is 305 g/mol. The van der Waals surface area contributed by atoms with Crippen molar-refractivity contribution in [3.05, 3.63) is 34.0 Å². The van der Waals surface area contributed by atoms with Crippen LogP contribution in [0.3, 0.4) is 0 Å². The number of halogens is 3. The number of rotatable bonds is 5. The molecule has 2 aromatic heterocycles. The number of hydrogen-bond acceptors (Lipinski definition) is 4. The molecule has 0 fully saturated rings. The highest BCUT2D eigenvalue weighted by Crippen LogP contribution is 2.27. The Morgan fingerprint density at radius 2 is 2.24 bits per heavy atom. The van der Waals surface area contributed by atoms with Crippen LogP contribution in [-0.4, -0.2) is 20.7 Å². The first-order valence-corrected chi connectivity index (χ1v) is 7.07. The second-order valence-corrected chi connectivity index (χ2v) is 5.20. The highest BCUT2D eigenvalue weighted by molar-refractivity contribution is 7.09. The van der Waals surface area contributed by atoms with Crippen molar-refractivity contribution in [1.29, 1.82) is 0 Å². The maximum Gasteiger partial charge on any atom is 0.435 e. The second-order valence-electron chi connectivity index (χ2n) is 4.26. The molecule has 0 atom stereocenters. The van der Waals surface area contributed by atoms with Crippen LogP contribution in [0.4, 0.5) is 13.2 Å². The first kappa shape index (κ1) is 15.5. The number of nitrogens with one attached hydrogen (secondary N) is 1. The van der Waals surface area contributed by atoms with Gasteiger partial charge in [0.2, 0.25) is 5.91 Å². The fourth-order valence-corrected chi connectivity index (χ4v) is 2.33. The number of nitrogens with zero attached hydrogens (tertiary/aromatic N) is 3. The molecule has 0 saturated heterocycles. The van der Waals surface area contributed by atoms with Crippen molar-refractivity contribution in [2.75, 3.05) is 0 Å². The summed E-state index contributed by atoms with van der Waals surface area (Å²) in [5.74, 6) is -0.419. The summed E-state index contributed by atoms with van der Waals surface area (Å²) in [6.07, 6.45) is -2.55. The number of aromatic nitrogens is 3. The Balaban J connectivity index is 1.85. The average molecular weight is 318 g/mol. The van der Waals surface area contributed by atoms with Crippen LogP contribution in [0, 0.1) is 0 Å². The zero-order valence-corrected chi connectivity index (χ0v) is 12.0. The molecule has 0 aliphatic carbocycles. The Labute approximate surface area is 122 Å². The van der Waals surface area contributed by atoms with Gasteiger partial charge in [0, 0.05) is 11.6 Å². The second kappa shape index (κ2) is 6.25. The molecule has 2 rings (SSSR count). The predicted molar refractivity (Wildman–Crippen MR) is 70.6 cm³/mol. The predicted octanol–water partition coefficient (Wildman–Crippen LogP) is 2.24. The largest absolute Gasteiger partial charge is 0.435 e. The molecule has 0 spiro atoms. The van der Waals surface area contributed by atoms with Gasteiger partial charge in [0.1, 0.15) is 6.54 Å². The maximum absolute atomic E-state index is 12.4. The van der Waals surface area contributed by atoms with Gasteiger partial charge in [-0.1, -0.05) is 6.92 Å². The lowest BCUT2D eigenvalue weighted by atomic mass is 10.4. The summed E-state index contributed by atoms with van der Waals surface area (Å²) in [6.45, 7) is 1.97. The molecule has 0 aliphatic heterocycles. The van der Waals surface area contributed by atoms with E-state index in [1.807, 2.05) is 12.3 Å². The van der Waals surface area contributed by atoms with E-state index < -0.39 is 17.8 Å². The smallest absolute Gasteiger partial charge is 0.349 e. The summed E-state index contributed by atoms with van der Waals surface area (Å²) in [5.41, 5.74) is -0.274. The van der Waals surface area contributed by atoms with Crippen molar-refractivity contribution in [2.24, 2.45) is 0 Å². The number of carbonyl (C=O) groups is 1. The molecule has 9 heteroatoms. The molecule has 5 nitrogen and oxygen atoms in total. The Hall–Kier alpha value is -1.90. The molecule has 114 valence electrons. The lowest BCUT2D eigenvalue weighted by molar-refractivity contribution is -0.141. The van der Waals surface area contributed by atoms with Crippen molar-refractivity contribution in [3.8, 4) is 0 Å². The Morgan fingerprint density at radius 3 is 2.81 bits per heavy atom. The fourth-order valence-electron chi connectivity index (χ4n) is 1.59. The van der Waals surface area contributed by atoms with Crippen molar-refractivity contribution < 1.29 is 18.0 Å². The van der Waals surface area contributed by atoms with Gasteiger partial charge in [-0.25, -0.2) is 4.98 Å². The van der Waals surface area contributed by atoms with Crippen LogP contribution < -0.4 is 5.32 Å². The molecule has 0 unspecified atom stereocenters. The molecule has 0 saturated carbocycles. The van der Waals surface area contributed by atoms with Crippen LogP contribution in [0.25, 0.3) is 0 Å². The molecule has 1 amide bonds. The van der Waals surface area contributed by atoms with Gasteiger partial charge in [0.15, 0.2) is 5.69 Å². The van der Waals surface area contributed by atoms with E-state index in [1.165, 1.54) is 11.3 Å². The highest BCUT2D eigenvalue weighted by atomic mass is 32.1. The Kier molecular flexibility index (Phi) is 4.61. The Bertz CT molecular complexity index is 620. The molecule has 2 heterocycles. The third-order valence-corrected chi connectivity index (χ3v) is 3.65. The van der Waals surface area contributed by atoms with Gasteiger partial charge >= 0.3 is 6.18 Å². The maximum atomic E-state index is 12.4. The molecule has 0 aromatic carbocycles. The minimum absolute atomic E-state index is 0.253. The number of carbonyl (C=O) groups excluding carboxylic acids is 1. The summed E-state index contributed by atoms with van der Waals surface area (Å²) < 4.78 is 38.0. The van der Waals surface area contributed by atoms with Gasteiger partial charge in [-0.3, -0.25) is 9.48 Å². The van der Waals surface area contributed by atoms with Gasteiger partial charge < -0.3 is 5.32 Å². The van der Waals surface area contributed by atoms with E-state index in [0.717, 1.165) is 34.1 Å².